The van der Waals surface area contributed by atoms with E-state index in [4.69, 9.17) is 0 Å². The van der Waals surface area contributed by atoms with Gasteiger partial charge in [0.25, 0.3) is 0 Å². The van der Waals surface area contributed by atoms with Crippen molar-refractivity contribution in [3.05, 3.63) is 108 Å². The summed E-state index contributed by atoms with van der Waals surface area (Å²) in [5, 5.41) is 10.8. The van der Waals surface area contributed by atoms with Gasteiger partial charge in [-0.2, -0.15) is 5.10 Å². The van der Waals surface area contributed by atoms with Gasteiger partial charge >= 0.3 is 0 Å². The lowest BCUT2D eigenvalue weighted by atomic mass is 9.98. The molecule has 0 unspecified atom stereocenters. The normalized spacial score (nSPS) is 11.0. The van der Waals surface area contributed by atoms with Gasteiger partial charge in [0.15, 0.2) is 5.96 Å². The number of aliphatic imine (C=N–C) groups is 1. The summed E-state index contributed by atoms with van der Waals surface area (Å²) in [6.45, 7) is 1.88. The lowest BCUT2D eigenvalue weighted by Gasteiger charge is -2.15. The number of nitrogens with zero attached hydrogens (tertiary/aromatic N) is 4. The van der Waals surface area contributed by atoms with Crippen LogP contribution >= 0.6 is 24.0 Å². The van der Waals surface area contributed by atoms with Crippen LogP contribution in [0.4, 0.5) is 4.39 Å². The van der Waals surface area contributed by atoms with Crippen LogP contribution in [-0.4, -0.2) is 27.8 Å². The Bertz CT molecular complexity index is 1160. The van der Waals surface area contributed by atoms with Crippen molar-refractivity contribution in [2.75, 3.05) is 7.05 Å². The highest BCUT2D eigenvalue weighted by atomic mass is 127. The van der Waals surface area contributed by atoms with E-state index in [1.807, 2.05) is 12.1 Å². The second-order valence-electron chi connectivity index (χ2n) is 7.35. The van der Waals surface area contributed by atoms with Crippen LogP contribution in [-0.2, 0) is 19.6 Å². The van der Waals surface area contributed by atoms with Gasteiger partial charge in [-0.15, -0.1) is 24.0 Å². The van der Waals surface area contributed by atoms with Crippen LogP contribution in [0.1, 0.15) is 16.7 Å². The van der Waals surface area contributed by atoms with Crippen molar-refractivity contribution in [3.8, 4) is 11.1 Å². The second-order valence-corrected chi connectivity index (χ2v) is 7.35. The maximum Gasteiger partial charge on any atom is 0.191 e. The number of rotatable bonds is 7. The first-order chi connectivity index (χ1) is 15.7. The molecule has 8 heteroatoms. The molecule has 4 rings (SSSR count). The number of nitrogens with one attached hydrogen (secondary N) is 2. The quantitative estimate of drug-likeness (QED) is 0.198. The van der Waals surface area contributed by atoms with E-state index in [2.05, 4.69) is 62.1 Å². The summed E-state index contributed by atoms with van der Waals surface area (Å²) < 4.78 is 14.9. The maximum absolute atomic E-state index is 13.1. The zero-order valence-electron chi connectivity index (χ0n) is 18.3. The molecule has 170 valence electrons. The van der Waals surface area contributed by atoms with E-state index in [-0.39, 0.29) is 29.8 Å². The van der Waals surface area contributed by atoms with Crippen molar-refractivity contribution in [1.29, 1.82) is 0 Å². The zero-order chi connectivity index (χ0) is 22.2. The highest BCUT2D eigenvalue weighted by molar-refractivity contribution is 14.0. The average molecular weight is 556 g/mol. The number of halogens is 2. The van der Waals surface area contributed by atoms with E-state index < -0.39 is 0 Å². The minimum Gasteiger partial charge on any atom is -0.352 e. The number of aromatic nitrogens is 3. The van der Waals surface area contributed by atoms with Crippen LogP contribution in [0.5, 0.6) is 0 Å². The standard InChI is InChI=1S/C25H25FN6.HI/c1-27-25(29-14-19-8-12-23(26)13-9-19)30-15-22-4-2-3-5-24(22)21-10-6-20(7-11-21)16-32-18-28-17-31-32;/h2-13,17-18H,14-16H2,1H3,(H2,27,29,30);1H. The third kappa shape index (κ3) is 6.85. The Morgan fingerprint density at radius 1 is 0.909 bits per heavy atom. The van der Waals surface area contributed by atoms with Gasteiger partial charge in [-0.25, -0.2) is 14.1 Å². The number of hydrogen-bond acceptors (Lipinski definition) is 3. The monoisotopic (exact) mass is 556 g/mol. The first-order valence-corrected chi connectivity index (χ1v) is 10.4. The Hall–Kier alpha value is -3.27. The molecule has 33 heavy (non-hydrogen) atoms. The Morgan fingerprint density at radius 2 is 1.61 bits per heavy atom. The lowest BCUT2D eigenvalue weighted by molar-refractivity contribution is 0.626. The molecular weight excluding hydrogens is 530 g/mol. The Balaban J connectivity index is 0.00000306. The predicted molar refractivity (Wildman–Crippen MR) is 140 cm³/mol. The summed E-state index contributed by atoms with van der Waals surface area (Å²) in [5.74, 6) is 0.451. The molecule has 0 fully saturated rings. The van der Waals surface area contributed by atoms with Crippen LogP contribution in [0.2, 0.25) is 0 Å². The van der Waals surface area contributed by atoms with Crippen molar-refractivity contribution >= 4 is 29.9 Å². The van der Waals surface area contributed by atoms with Crippen molar-refractivity contribution in [2.45, 2.75) is 19.6 Å². The van der Waals surface area contributed by atoms with Gasteiger partial charge < -0.3 is 10.6 Å². The number of benzene rings is 3. The van der Waals surface area contributed by atoms with E-state index in [1.165, 1.54) is 28.8 Å². The molecule has 0 atom stereocenters. The molecular formula is C25H26FIN6. The van der Waals surface area contributed by atoms with Crippen LogP contribution in [0.25, 0.3) is 11.1 Å². The van der Waals surface area contributed by atoms with Crippen molar-refractivity contribution in [2.24, 2.45) is 4.99 Å². The van der Waals surface area contributed by atoms with Gasteiger partial charge in [0.1, 0.15) is 18.5 Å². The highest BCUT2D eigenvalue weighted by Crippen LogP contribution is 2.24. The summed E-state index contributed by atoms with van der Waals surface area (Å²) in [4.78, 5) is 8.28. The van der Waals surface area contributed by atoms with Gasteiger partial charge in [-0.3, -0.25) is 4.99 Å². The highest BCUT2D eigenvalue weighted by Gasteiger charge is 2.07. The minimum absolute atomic E-state index is 0. The van der Waals surface area contributed by atoms with Gasteiger partial charge in [0.05, 0.1) is 6.54 Å². The summed E-state index contributed by atoms with van der Waals surface area (Å²) >= 11 is 0. The van der Waals surface area contributed by atoms with Crippen LogP contribution in [0.15, 0.2) is 90.4 Å². The molecule has 2 N–H and O–H groups in total. The first kappa shape index (κ1) is 24.4. The van der Waals surface area contributed by atoms with Gasteiger partial charge in [-0.05, 0) is 39.9 Å². The largest absolute Gasteiger partial charge is 0.352 e. The van der Waals surface area contributed by atoms with E-state index >= 15 is 0 Å². The van der Waals surface area contributed by atoms with Gasteiger partial charge in [0.2, 0.25) is 0 Å². The van der Waals surface area contributed by atoms with Crippen molar-refractivity contribution in [3.63, 3.8) is 0 Å². The molecule has 0 radical (unpaired) electrons. The Labute approximate surface area is 210 Å². The third-order valence-electron chi connectivity index (χ3n) is 5.14. The predicted octanol–water partition coefficient (Wildman–Crippen LogP) is 4.62. The van der Waals surface area contributed by atoms with E-state index in [0.29, 0.717) is 25.6 Å². The van der Waals surface area contributed by atoms with Crippen LogP contribution in [0.3, 0.4) is 0 Å². The summed E-state index contributed by atoms with van der Waals surface area (Å²) in [7, 11) is 1.74. The van der Waals surface area contributed by atoms with Gasteiger partial charge in [0, 0.05) is 20.1 Å². The molecule has 4 aromatic rings. The SMILES string of the molecule is CN=C(NCc1ccc(F)cc1)NCc1ccccc1-c1ccc(Cn2cncn2)cc1.I. The van der Waals surface area contributed by atoms with Gasteiger partial charge in [-0.1, -0.05) is 60.7 Å². The molecule has 0 amide bonds. The summed E-state index contributed by atoms with van der Waals surface area (Å²) in [6.07, 6.45) is 3.26. The molecule has 1 heterocycles. The molecule has 6 nitrogen and oxygen atoms in total. The van der Waals surface area contributed by atoms with E-state index in [9.17, 15) is 4.39 Å². The topological polar surface area (TPSA) is 67.1 Å². The summed E-state index contributed by atoms with van der Waals surface area (Å²) in [5.41, 5.74) is 5.64. The summed E-state index contributed by atoms with van der Waals surface area (Å²) in [6, 6.07) is 23.2. The lowest BCUT2D eigenvalue weighted by Crippen LogP contribution is -2.36. The molecule has 0 saturated carbocycles. The molecule has 0 saturated heterocycles. The average Bonchev–Trinajstić information content (AvgIpc) is 3.34. The molecule has 0 aliphatic rings. The zero-order valence-corrected chi connectivity index (χ0v) is 20.6. The smallest absolute Gasteiger partial charge is 0.191 e. The fraction of sp³-hybridized carbons (Fsp3) is 0.160. The fourth-order valence-electron chi connectivity index (χ4n) is 3.43. The minimum atomic E-state index is -0.237. The number of guanidine groups is 1. The van der Waals surface area contributed by atoms with Crippen molar-refractivity contribution < 1.29 is 4.39 Å². The molecule has 3 aromatic carbocycles. The van der Waals surface area contributed by atoms with Crippen molar-refractivity contribution in [1.82, 2.24) is 25.4 Å². The molecule has 0 aliphatic heterocycles. The van der Waals surface area contributed by atoms with Crippen LogP contribution in [0, 0.1) is 5.82 Å². The van der Waals surface area contributed by atoms with E-state index in [1.54, 1.807) is 36.5 Å². The molecule has 0 spiro atoms. The second kappa shape index (κ2) is 12.1. The fourth-order valence-corrected chi connectivity index (χ4v) is 3.43. The Kier molecular flexibility index (Phi) is 8.94. The third-order valence-corrected chi connectivity index (χ3v) is 5.14. The molecule has 1 aromatic heterocycles. The number of hydrogen-bond donors (Lipinski definition) is 2. The molecule has 0 aliphatic carbocycles. The van der Waals surface area contributed by atoms with E-state index in [0.717, 1.165) is 11.1 Å². The maximum atomic E-state index is 13.1. The van der Waals surface area contributed by atoms with Crippen LogP contribution < -0.4 is 10.6 Å². The Morgan fingerprint density at radius 3 is 2.30 bits per heavy atom. The molecule has 0 bridgehead atoms. The first-order valence-electron chi connectivity index (χ1n) is 10.4.